The van der Waals surface area contributed by atoms with Gasteiger partial charge in [-0.3, -0.25) is 4.79 Å². The highest BCUT2D eigenvalue weighted by Gasteiger charge is 2.24. The molecule has 1 aromatic heterocycles. The van der Waals surface area contributed by atoms with Crippen molar-refractivity contribution in [1.82, 2.24) is 9.55 Å². The first-order valence-electron chi connectivity index (χ1n) is 3.98. The smallest absolute Gasteiger partial charge is 0.223 e. The lowest BCUT2D eigenvalue weighted by Crippen LogP contribution is -2.27. The molecule has 0 bridgehead atoms. The van der Waals surface area contributed by atoms with Crippen LogP contribution in [0, 0.1) is 5.92 Å². The lowest BCUT2D eigenvalue weighted by Gasteiger charge is -2.14. The fourth-order valence-corrected chi connectivity index (χ4v) is 1.04. The van der Waals surface area contributed by atoms with Gasteiger partial charge in [-0.25, -0.2) is 4.98 Å². The van der Waals surface area contributed by atoms with Gasteiger partial charge in [-0.15, -0.1) is 0 Å². The lowest BCUT2D eigenvalue weighted by molar-refractivity contribution is -0.124. The van der Waals surface area contributed by atoms with E-state index >= 15 is 0 Å². The predicted octanol–water partition coefficient (Wildman–Crippen LogP) is -0.425. The van der Waals surface area contributed by atoms with E-state index in [2.05, 4.69) is 4.98 Å². The van der Waals surface area contributed by atoms with Gasteiger partial charge in [0.2, 0.25) is 5.91 Å². The Morgan fingerprint density at radius 3 is 2.77 bits per heavy atom. The summed E-state index contributed by atoms with van der Waals surface area (Å²) < 4.78 is 1.66. The molecule has 0 saturated heterocycles. The summed E-state index contributed by atoms with van der Waals surface area (Å²) in [7, 11) is 1.75. The van der Waals surface area contributed by atoms with Crippen LogP contribution in [0.2, 0.25) is 0 Å². The molecule has 0 radical (unpaired) electrons. The van der Waals surface area contributed by atoms with E-state index in [9.17, 15) is 9.90 Å². The number of amides is 1. The van der Waals surface area contributed by atoms with Crippen LogP contribution < -0.4 is 5.73 Å². The fourth-order valence-electron chi connectivity index (χ4n) is 1.04. The van der Waals surface area contributed by atoms with Crippen LogP contribution in [-0.2, 0) is 11.8 Å². The Balaban J connectivity index is 2.85. The molecule has 0 spiro atoms. The van der Waals surface area contributed by atoms with Crippen LogP contribution in [0.25, 0.3) is 0 Å². The maximum absolute atomic E-state index is 10.8. The minimum atomic E-state index is -0.933. The van der Waals surface area contributed by atoms with E-state index < -0.39 is 17.9 Å². The van der Waals surface area contributed by atoms with Crippen molar-refractivity contribution < 1.29 is 9.90 Å². The molecule has 0 aliphatic heterocycles. The second-order valence-electron chi connectivity index (χ2n) is 3.03. The summed E-state index contributed by atoms with van der Waals surface area (Å²) in [5, 5.41) is 9.64. The van der Waals surface area contributed by atoms with Gasteiger partial charge in [0.15, 0.2) is 0 Å². The third-order valence-corrected chi connectivity index (χ3v) is 2.05. The number of carbonyl (C=O) groups is 1. The minimum Gasteiger partial charge on any atom is -0.384 e. The van der Waals surface area contributed by atoms with Crippen LogP contribution in [0.3, 0.4) is 0 Å². The van der Waals surface area contributed by atoms with Crippen LogP contribution in [0.1, 0.15) is 18.9 Å². The Labute approximate surface area is 76.2 Å². The molecule has 1 rings (SSSR count). The molecule has 1 aromatic rings. The van der Waals surface area contributed by atoms with Gasteiger partial charge in [-0.2, -0.15) is 0 Å². The monoisotopic (exact) mass is 183 g/mol. The van der Waals surface area contributed by atoms with Gasteiger partial charge < -0.3 is 15.4 Å². The molecule has 5 heteroatoms. The first kappa shape index (κ1) is 9.73. The normalized spacial score (nSPS) is 15.3. The Morgan fingerprint density at radius 1 is 1.77 bits per heavy atom. The number of aryl methyl sites for hydroxylation is 1. The van der Waals surface area contributed by atoms with E-state index in [1.165, 1.54) is 0 Å². The largest absolute Gasteiger partial charge is 0.384 e. The number of nitrogens with two attached hydrogens (primary N) is 1. The summed E-state index contributed by atoms with van der Waals surface area (Å²) in [6.45, 7) is 1.57. The quantitative estimate of drug-likeness (QED) is 0.667. The van der Waals surface area contributed by atoms with Gasteiger partial charge in [0.1, 0.15) is 11.9 Å². The van der Waals surface area contributed by atoms with Crippen molar-refractivity contribution in [1.29, 1.82) is 0 Å². The third kappa shape index (κ3) is 1.86. The number of aliphatic hydroxyl groups excluding tert-OH is 1. The zero-order valence-electron chi connectivity index (χ0n) is 7.64. The molecule has 0 fully saturated rings. The van der Waals surface area contributed by atoms with Gasteiger partial charge in [0.25, 0.3) is 0 Å². The topological polar surface area (TPSA) is 81.1 Å². The molecule has 0 saturated carbocycles. The molecule has 72 valence electrons. The molecular formula is C8H13N3O2. The molecule has 0 aromatic carbocycles. The highest BCUT2D eigenvalue weighted by atomic mass is 16.3. The number of hydrogen-bond acceptors (Lipinski definition) is 3. The molecule has 13 heavy (non-hydrogen) atoms. The molecule has 2 unspecified atom stereocenters. The second kappa shape index (κ2) is 3.57. The molecule has 0 aliphatic rings. The molecule has 1 heterocycles. The highest BCUT2D eigenvalue weighted by molar-refractivity contribution is 5.76. The summed E-state index contributed by atoms with van der Waals surface area (Å²) in [5.74, 6) is -0.706. The van der Waals surface area contributed by atoms with Gasteiger partial charge in [0.05, 0.1) is 5.92 Å². The summed E-state index contributed by atoms with van der Waals surface area (Å²) in [6, 6.07) is 0. The standard InChI is InChI=1S/C8H13N3O2/c1-5(7(9)13)6(12)8-10-3-4-11(8)2/h3-6,12H,1-2H3,(H2,9,13). The number of hydrogen-bond donors (Lipinski definition) is 2. The number of imidazole rings is 1. The minimum absolute atomic E-state index is 0.450. The van der Waals surface area contributed by atoms with Crippen molar-refractivity contribution in [3.05, 3.63) is 18.2 Å². The zero-order chi connectivity index (χ0) is 10.0. The third-order valence-electron chi connectivity index (χ3n) is 2.05. The Morgan fingerprint density at radius 2 is 2.38 bits per heavy atom. The van der Waals surface area contributed by atoms with E-state index in [1.54, 1.807) is 30.9 Å². The van der Waals surface area contributed by atoms with Crippen molar-refractivity contribution in [3.63, 3.8) is 0 Å². The SMILES string of the molecule is CC(C(N)=O)C(O)c1nccn1C. The summed E-state index contributed by atoms with van der Waals surface area (Å²) in [4.78, 5) is 14.7. The van der Waals surface area contributed by atoms with Gasteiger partial charge in [-0.05, 0) is 0 Å². The van der Waals surface area contributed by atoms with Crippen molar-refractivity contribution >= 4 is 5.91 Å². The summed E-state index contributed by atoms with van der Waals surface area (Å²) >= 11 is 0. The average Bonchev–Trinajstić information content (AvgIpc) is 2.48. The van der Waals surface area contributed by atoms with Crippen molar-refractivity contribution in [3.8, 4) is 0 Å². The van der Waals surface area contributed by atoms with Crippen molar-refractivity contribution in [2.45, 2.75) is 13.0 Å². The van der Waals surface area contributed by atoms with Crippen molar-refractivity contribution in [2.24, 2.45) is 18.7 Å². The fraction of sp³-hybridized carbons (Fsp3) is 0.500. The van der Waals surface area contributed by atoms with E-state index in [0.29, 0.717) is 5.82 Å². The van der Waals surface area contributed by atoms with Crippen LogP contribution in [0.4, 0.5) is 0 Å². The Kier molecular flexibility index (Phi) is 2.67. The highest BCUT2D eigenvalue weighted by Crippen LogP contribution is 2.18. The Bertz CT molecular complexity index is 308. The van der Waals surface area contributed by atoms with Crippen LogP contribution in [-0.4, -0.2) is 20.6 Å². The molecule has 5 nitrogen and oxygen atoms in total. The number of nitrogens with zero attached hydrogens (tertiary/aromatic N) is 2. The van der Waals surface area contributed by atoms with E-state index in [1.807, 2.05) is 0 Å². The van der Waals surface area contributed by atoms with Crippen molar-refractivity contribution in [2.75, 3.05) is 0 Å². The Hall–Kier alpha value is -1.36. The predicted molar refractivity (Wildman–Crippen MR) is 46.5 cm³/mol. The van der Waals surface area contributed by atoms with E-state index in [-0.39, 0.29) is 0 Å². The average molecular weight is 183 g/mol. The molecule has 1 amide bonds. The second-order valence-corrected chi connectivity index (χ2v) is 3.03. The molecule has 3 N–H and O–H groups in total. The number of aliphatic hydroxyl groups is 1. The maximum atomic E-state index is 10.8. The van der Waals surface area contributed by atoms with E-state index in [4.69, 9.17) is 5.73 Å². The van der Waals surface area contributed by atoms with Gasteiger partial charge in [0, 0.05) is 19.4 Å². The molecule has 2 atom stereocenters. The lowest BCUT2D eigenvalue weighted by atomic mass is 10.0. The van der Waals surface area contributed by atoms with Gasteiger partial charge in [-0.1, -0.05) is 6.92 Å². The number of aromatic nitrogens is 2. The first-order chi connectivity index (χ1) is 6.04. The van der Waals surface area contributed by atoms with Gasteiger partial charge >= 0.3 is 0 Å². The maximum Gasteiger partial charge on any atom is 0.223 e. The van der Waals surface area contributed by atoms with E-state index in [0.717, 1.165) is 0 Å². The number of primary amides is 1. The van der Waals surface area contributed by atoms with Crippen LogP contribution in [0.15, 0.2) is 12.4 Å². The summed E-state index contributed by atoms with van der Waals surface area (Å²) in [5.41, 5.74) is 5.06. The zero-order valence-corrected chi connectivity index (χ0v) is 7.64. The molecular weight excluding hydrogens is 170 g/mol. The first-order valence-corrected chi connectivity index (χ1v) is 3.98. The molecule has 0 aliphatic carbocycles. The van der Waals surface area contributed by atoms with Crippen LogP contribution >= 0.6 is 0 Å². The number of rotatable bonds is 3. The summed E-state index contributed by atoms with van der Waals surface area (Å²) in [6.07, 6.45) is 2.33. The van der Waals surface area contributed by atoms with Crippen LogP contribution in [0.5, 0.6) is 0 Å². The number of carbonyl (C=O) groups excluding carboxylic acids is 1.